The van der Waals surface area contributed by atoms with Crippen molar-refractivity contribution >= 4 is 17.9 Å². The second-order valence-electron chi connectivity index (χ2n) is 6.27. The topological polar surface area (TPSA) is 158 Å². The van der Waals surface area contributed by atoms with Crippen molar-refractivity contribution < 1.29 is 53.4 Å². The maximum Gasteiger partial charge on any atom is 0.330 e. The lowest BCUT2D eigenvalue weighted by atomic mass is 10.3. The molecule has 0 radical (unpaired) electrons. The Hall–Kier alpha value is -2.05. The number of aliphatic hydroxyl groups excluding tert-OH is 3. The summed E-state index contributed by atoms with van der Waals surface area (Å²) in [6.07, 6.45) is -1.37. The first kappa shape index (κ1) is 27.9. The highest BCUT2D eigenvalue weighted by molar-refractivity contribution is 5.81. The Morgan fingerprint density at radius 3 is 1.63 bits per heavy atom. The van der Waals surface area contributed by atoms with Crippen LogP contribution in [0.4, 0.5) is 0 Å². The first-order valence-electron chi connectivity index (χ1n) is 9.58. The number of aliphatic hydroxyl groups is 3. The fourth-order valence-electron chi connectivity index (χ4n) is 1.85. The number of hydrogen-bond acceptors (Lipinski definition) is 11. The number of rotatable bonds is 18. The summed E-state index contributed by atoms with van der Waals surface area (Å²) in [7, 11) is 0. The molecule has 0 saturated carbocycles. The maximum atomic E-state index is 11.4. The molecule has 30 heavy (non-hydrogen) atoms. The van der Waals surface area contributed by atoms with Gasteiger partial charge in [0.2, 0.25) is 0 Å². The Morgan fingerprint density at radius 2 is 1.20 bits per heavy atom. The third-order valence-electron chi connectivity index (χ3n) is 3.29. The Kier molecular flexibility index (Phi) is 16.6. The van der Waals surface area contributed by atoms with Gasteiger partial charge in [0, 0.05) is 12.5 Å². The number of esters is 3. The molecule has 3 atom stereocenters. The molecule has 0 heterocycles. The van der Waals surface area contributed by atoms with Crippen LogP contribution >= 0.6 is 0 Å². The summed E-state index contributed by atoms with van der Waals surface area (Å²) in [6.45, 7) is 3.79. The minimum atomic E-state index is -1.10. The zero-order chi connectivity index (χ0) is 22.8. The summed E-state index contributed by atoms with van der Waals surface area (Å²) in [5.41, 5.74) is 0. The molecule has 0 aliphatic carbocycles. The standard InChI is InChI=1S/C19H32O11/c1-3-5-18(24)29-12-15(21)10-26-8-14(20)9-27-11-16(22)13-30-19(25)6-7-28-17(23)4-2/h4,14-16,20-22H,2-3,5-13H2,1H3. The lowest BCUT2D eigenvalue weighted by Gasteiger charge is -2.16. The quantitative estimate of drug-likeness (QED) is 0.139. The van der Waals surface area contributed by atoms with Crippen molar-refractivity contribution in [3.05, 3.63) is 12.7 Å². The van der Waals surface area contributed by atoms with Gasteiger partial charge in [-0.2, -0.15) is 0 Å². The highest BCUT2D eigenvalue weighted by atomic mass is 16.6. The van der Waals surface area contributed by atoms with Gasteiger partial charge >= 0.3 is 17.9 Å². The summed E-state index contributed by atoms with van der Waals surface area (Å²) >= 11 is 0. The van der Waals surface area contributed by atoms with Crippen LogP contribution in [0.15, 0.2) is 12.7 Å². The van der Waals surface area contributed by atoms with Crippen LogP contribution in [0.25, 0.3) is 0 Å². The van der Waals surface area contributed by atoms with Crippen LogP contribution < -0.4 is 0 Å². The van der Waals surface area contributed by atoms with E-state index in [1.807, 2.05) is 6.92 Å². The fourth-order valence-corrected chi connectivity index (χ4v) is 1.85. The van der Waals surface area contributed by atoms with Crippen LogP contribution in [0.3, 0.4) is 0 Å². The van der Waals surface area contributed by atoms with Gasteiger partial charge in [-0.15, -0.1) is 0 Å². The third-order valence-corrected chi connectivity index (χ3v) is 3.29. The molecule has 174 valence electrons. The van der Waals surface area contributed by atoms with Gasteiger partial charge in [-0.1, -0.05) is 13.5 Å². The van der Waals surface area contributed by atoms with E-state index in [4.69, 9.17) is 18.9 Å². The summed E-state index contributed by atoms with van der Waals surface area (Å²) < 4.78 is 24.4. The lowest BCUT2D eigenvalue weighted by Crippen LogP contribution is -2.30. The molecule has 0 amide bonds. The lowest BCUT2D eigenvalue weighted by molar-refractivity contribution is -0.151. The molecule has 3 unspecified atom stereocenters. The zero-order valence-corrected chi connectivity index (χ0v) is 17.2. The number of carbonyl (C=O) groups excluding carboxylic acids is 3. The second kappa shape index (κ2) is 17.8. The van der Waals surface area contributed by atoms with Crippen LogP contribution in [-0.4, -0.2) is 97.8 Å². The molecule has 0 spiro atoms. The van der Waals surface area contributed by atoms with Crippen molar-refractivity contribution in [3.8, 4) is 0 Å². The van der Waals surface area contributed by atoms with Gasteiger partial charge < -0.3 is 39.0 Å². The normalized spacial score (nSPS) is 13.7. The Balaban J connectivity index is 3.69. The second-order valence-corrected chi connectivity index (χ2v) is 6.27. The predicted octanol–water partition coefficient (Wildman–Crippen LogP) is -0.892. The minimum absolute atomic E-state index is 0.128. The molecule has 11 heteroatoms. The summed E-state index contributed by atoms with van der Waals surface area (Å²) in [5, 5.41) is 29.0. The van der Waals surface area contributed by atoms with Crippen molar-refractivity contribution in [2.24, 2.45) is 0 Å². The molecule has 0 fully saturated rings. The van der Waals surface area contributed by atoms with Crippen LogP contribution in [0, 0.1) is 0 Å². The van der Waals surface area contributed by atoms with E-state index < -0.39 is 36.2 Å². The SMILES string of the molecule is C=CC(=O)OCCC(=O)OCC(O)COCC(O)COCC(O)COC(=O)CCC. The molecular weight excluding hydrogens is 404 g/mol. The van der Waals surface area contributed by atoms with Gasteiger partial charge in [-0.25, -0.2) is 4.79 Å². The van der Waals surface area contributed by atoms with Crippen molar-refractivity contribution in [1.29, 1.82) is 0 Å². The van der Waals surface area contributed by atoms with E-state index in [0.29, 0.717) is 6.42 Å². The molecule has 0 aliphatic rings. The number of carbonyl (C=O) groups is 3. The van der Waals surface area contributed by atoms with Crippen LogP contribution in [0.1, 0.15) is 26.2 Å². The van der Waals surface area contributed by atoms with E-state index in [9.17, 15) is 29.7 Å². The van der Waals surface area contributed by atoms with Gasteiger partial charge in [0.15, 0.2) is 0 Å². The highest BCUT2D eigenvalue weighted by Gasteiger charge is 2.13. The highest BCUT2D eigenvalue weighted by Crippen LogP contribution is 1.97. The van der Waals surface area contributed by atoms with Crippen molar-refractivity contribution in [3.63, 3.8) is 0 Å². The summed E-state index contributed by atoms with van der Waals surface area (Å²) in [5.74, 6) is -1.70. The van der Waals surface area contributed by atoms with E-state index in [-0.39, 0.29) is 59.1 Å². The molecule has 0 aromatic heterocycles. The molecule has 0 rings (SSSR count). The number of ether oxygens (including phenoxy) is 5. The third kappa shape index (κ3) is 16.9. The minimum Gasteiger partial charge on any atom is -0.463 e. The van der Waals surface area contributed by atoms with E-state index in [2.05, 4.69) is 11.3 Å². The molecule has 0 bridgehead atoms. The Morgan fingerprint density at radius 1 is 0.767 bits per heavy atom. The Bertz CT molecular complexity index is 509. The molecule has 0 saturated heterocycles. The van der Waals surface area contributed by atoms with Crippen LogP contribution in [0.5, 0.6) is 0 Å². The first-order valence-corrected chi connectivity index (χ1v) is 9.58. The first-order chi connectivity index (χ1) is 14.3. The largest absolute Gasteiger partial charge is 0.463 e. The fraction of sp³-hybridized carbons (Fsp3) is 0.737. The predicted molar refractivity (Wildman–Crippen MR) is 102 cm³/mol. The van der Waals surface area contributed by atoms with Crippen molar-refractivity contribution in [2.75, 3.05) is 46.2 Å². The van der Waals surface area contributed by atoms with Crippen molar-refractivity contribution in [1.82, 2.24) is 0 Å². The average Bonchev–Trinajstić information content (AvgIpc) is 2.70. The summed E-state index contributed by atoms with van der Waals surface area (Å²) in [6, 6.07) is 0. The van der Waals surface area contributed by atoms with E-state index in [0.717, 1.165) is 6.08 Å². The van der Waals surface area contributed by atoms with Crippen LogP contribution in [-0.2, 0) is 38.1 Å². The van der Waals surface area contributed by atoms with Gasteiger partial charge in [0.25, 0.3) is 0 Å². The van der Waals surface area contributed by atoms with Gasteiger partial charge in [0.05, 0.1) is 32.8 Å². The smallest absolute Gasteiger partial charge is 0.330 e. The number of hydrogen-bond donors (Lipinski definition) is 3. The maximum absolute atomic E-state index is 11.4. The molecule has 3 N–H and O–H groups in total. The molecule has 11 nitrogen and oxygen atoms in total. The van der Waals surface area contributed by atoms with Gasteiger partial charge in [0.1, 0.15) is 38.1 Å². The zero-order valence-electron chi connectivity index (χ0n) is 17.2. The molecule has 0 aromatic carbocycles. The van der Waals surface area contributed by atoms with E-state index in [1.165, 1.54) is 0 Å². The molecular formula is C19H32O11. The average molecular weight is 436 g/mol. The monoisotopic (exact) mass is 436 g/mol. The van der Waals surface area contributed by atoms with Gasteiger partial charge in [-0.05, 0) is 6.42 Å². The Labute approximate surface area is 175 Å². The van der Waals surface area contributed by atoms with Crippen molar-refractivity contribution in [2.45, 2.75) is 44.5 Å². The molecule has 0 aliphatic heterocycles. The van der Waals surface area contributed by atoms with E-state index >= 15 is 0 Å². The van der Waals surface area contributed by atoms with E-state index in [1.54, 1.807) is 0 Å². The molecule has 0 aromatic rings. The van der Waals surface area contributed by atoms with Crippen LogP contribution in [0.2, 0.25) is 0 Å². The van der Waals surface area contributed by atoms with Gasteiger partial charge in [-0.3, -0.25) is 9.59 Å². The summed E-state index contributed by atoms with van der Waals surface area (Å²) in [4.78, 5) is 33.4.